The van der Waals surface area contributed by atoms with Crippen LogP contribution in [0.3, 0.4) is 0 Å². The van der Waals surface area contributed by atoms with E-state index < -0.39 is 5.91 Å². The number of hydrogen-bond donors (Lipinski definition) is 2. The number of benzene rings is 2. The molecule has 0 fully saturated rings. The Morgan fingerprint density at radius 3 is 2.70 bits per heavy atom. The third-order valence-electron chi connectivity index (χ3n) is 3.99. The van der Waals surface area contributed by atoms with Crippen LogP contribution in [0, 0.1) is 0 Å². The molecule has 0 aliphatic carbocycles. The van der Waals surface area contributed by atoms with Gasteiger partial charge >= 0.3 is 0 Å². The molecule has 2 heterocycles. The molecule has 0 atom stereocenters. The Morgan fingerprint density at radius 2 is 1.89 bits per heavy atom. The van der Waals surface area contributed by atoms with E-state index >= 15 is 0 Å². The van der Waals surface area contributed by atoms with Gasteiger partial charge in [0, 0.05) is 24.0 Å². The average Bonchev–Trinajstić information content (AvgIpc) is 3.15. The summed E-state index contributed by atoms with van der Waals surface area (Å²) in [6.45, 7) is 0.428. The van der Waals surface area contributed by atoms with E-state index in [1.54, 1.807) is 18.2 Å². The molecule has 0 saturated heterocycles. The molecule has 0 radical (unpaired) electrons. The fourth-order valence-electron chi connectivity index (χ4n) is 2.61. The molecule has 7 heteroatoms. The van der Waals surface area contributed by atoms with E-state index in [4.69, 9.17) is 14.2 Å². The van der Waals surface area contributed by atoms with Gasteiger partial charge in [-0.15, -0.1) is 0 Å². The first kappa shape index (κ1) is 16.7. The number of amides is 1. The summed E-state index contributed by atoms with van der Waals surface area (Å²) < 4.78 is 16.0. The van der Waals surface area contributed by atoms with Gasteiger partial charge in [0.05, 0.1) is 0 Å². The predicted octanol–water partition coefficient (Wildman–Crippen LogP) is 2.93. The summed E-state index contributed by atoms with van der Waals surface area (Å²) in [7, 11) is 0. The molecule has 0 spiro atoms. The SMILES string of the molecule is O=C(Nc1ccc2c(c1)OCO2)c1cc(=O)c(OCc2ccccc2)c[nH]1. The lowest BCUT2D eigenvalue weighted by atomic mass is 10.2. The molecule has 1 aliphatic heterocycles. The molecule has 0 bridgehead atoms. The number of nitrogens with one attached hydrogen (secondary N) is 2. The summed E-state index contributed by atoms with van der Waals surface area (Å²) in [5.41, 5.74) is 1.24. The molecule has 1 aliphatic rings. The molecule has 4 rings (SSSR count). The van der Waals surface area contributed by atoms with E-state index in [9.17, 15) is 9.59 Å². The van der Waals surface area contributed by atoms with Crippen molar-refractivity contribution in [2.45, 2.75) is 6.61 Å². The molecule has 2 N–H and O–H groups in total. The van der Waals surface area contributed by atoms with E-state index in [-0.39, 0.29) is 30.3 Å². The summed E-state index contributed by atoms with van der Waals surface area (Å²) >= 11 is 0. The highest BCUT2D eigenvalue weighted by Gasteiger charge is 2.15. The fraction of sp³-hybridized carbons (Fsp3) is 0.100. The number of fused-ring (bicyclic) bond motifs is 1. The number of pyridine rings is 1. The molecule has 0 unspecified atom stereocenters. The van der Waals surface area contributed by atoms with Crippen LogP contribution in [0.5, 0.6) is 17.2 Å². The minimum absolute atomic E-state index is 0.129. The Bertz CT molecular complexity index is 1030. The average molecular weight is 364 g/mol. The lowest BCUT2D eigenvalue weighted by Crippen LogP contribution is -2.17. The van der Waals surface area contributed by atoms with Crippen LogP contribution in [-0.2, 0) is 6.61 Å². The zero-order chi connectivity index (χ0) is 18.6. The van der Waals surface area contributed by atoms with Crippen molar-refractivity contribution in [1.82, 2.24) is 4.98 Å². The lowest BCUT2D eigenvalue weighted by molar-refractivity contribution is 0.102. The number of carbonyl (C=O) groups is 1. The quantitative estimate of drug-likeness (QED) is 0.727. The predicted molar refractivity (Wildman–Crippen MR) is 98.4 cm³/mol. The largest absolute Gasteiger partial charge is 0.483 e. The summed E-state index contributed by atoms with van der Waals surface area (Å²) in [4.78, 5) is 27.4. The van der Waals surface area contributed by atoms with Crippen LogP contribution in [0.1, 0.15) is 16.1 Å². The van der Waals surface area contributed by atoms with Gasteiger partial charge in [0.25, 0.3) is 5.91 Å². The Hall–Kier alpha value is -3.74. The van der Waals surface area contributed by atoms with Crippen LogP contribution < -0.4 is 25.0 Å². The van der Waals surface area contributed by atoms with Crippen molar-refractivity contribution in [3.05, 3.63) is 82.3 Å². The molecule has 7 nitrogen and oxygen atoms in total. The van der Waals surface area contributed by atoms with Crippen molar-refractivity contribution >= 4 is 11.6 Å². The van der Waals surface area contributed by atoms with Crippen molar-refractivity contribution in [2.24, 2.45) is 0 Å². The molecule has 2 aromatic carbocycles. The van der Waals surface area contributed by atoms with Crippen LogP contribution in [0.2, 0.25) is 0 Å². The van der Waals surface area contributed by atoms with E-state index in [1.165, 1.54) is 12.3 Å². The Morgan fingerprint density at radius 1 is 1.07 bits per heavy atom. The van der Waals surface area contributed by atoms with Gasteiger partial charge in [-0.3, -0.25) is 9.59 Å². The van der Waals surface area contributed by atoms with Gasteiger partial charge < -0.3 is 24.5 Å². The van der Waals surface area contributed by atoms with Crippen molar-refractivity contribution in [2.75, 3.05) is 12.1 Å². The first-order valence-corrected chi connectivity index (χ1v) is 8.29. The van der Waals surface area contributed by atoms with Crippen LogP contribution in [0.4, 0.5) is 5.69 Å². The topological polar surface area (TPSA) is 89.7 Å². The number of ether oxygens (including phenoxy) is 3. The number of H-pyrrole nitrogens is 1. The van der Waals surface area contributed by atoms with Crippen molar-refractivity contribution in [3.8, 4) is 17.2 Å². The van der Waals surface area contributed by atoms with E-state index in [2.05, 4.69) is 10.3 Å². The summed E-state index contributed by atoms with van der Waals surface area (Å²) in [5, 5.41) is 2.71. The second-order valence-electron chi connectivity index (χ2n) is 5.87. The number of aromatic amines is 1. The molecule has 136 valence electrons. The van der Waals surface area contributed by atoms with Crippen molar-refractivity contribution in [1.29, 1.82) is 0 Å². The third kappa shape index (κ3) is 3.77. The van der Waals surface area contributed by atoms with Crippen molar-refractivity contribution < 1.29 is 19.0 Å². The minimum atomic E-state index is -0.444. The van der Waals surface area contributed by atoms with Gasteiger partial charge in [0.15, 0.2) is 17.2 Å². The van der Waals surface area contributed by atoms with Gasteiger partial charge in [-0.25, -0.2) is 0 Å². The maximum absolute atomic E-state index is 12.4. The van der Waals surface area contributed by atoms with Gasteiger partial charge in [0.2, 0.25) is 12.2 Å². The smallest absolute Gasteiger partial charge is 0.272 e. The van der Waals surface area contributed by atoms with Crippen molar-refractivity contribution in [3.63, 3.8) is 0 Å². The summed E-state index contributed by atoms with van der Waals surface area (Å²) in [5.74, 6) is 0.895. The molecule has 1 aromatic heterocycles. The van der Waals surface area contributed by atoms with Gasteiger partial charge in [0.1, 0.15) is 12.3 Å². The number of rotatable bonds is 5. The second kappa shape index (κ2) is 7.25. The first-order valence-electron chi connectivity index (χ1n) is 8.29. The van der Waals surface area contributed by atoms with E-state index in [1.807, 2.05) is 30.3 Å². The highest BCUT2D eigenvalue weighted by molar-refractivity contribution is 6.03. The normalized spacial score (nSPS) is 11.9. The van der Waals surface area contributed by atoms with E-state index in [0.717, 1.165) is 5.56 Å². The first-order chi connectivity index (χ1) is 13.2. The van der Waals surface area contributed by atoms with Crippen LogP contribution in [-0.4, -0.2) is 17.7 Å². The number of hydrogen-bond acceptors (Lipinski definition) is 5. The van der Waals surface area contributed by atoms with Gasteiger partial charge in [-0.05, 0) is 17.7 Å². The minimum Gasteiger partial charge on any atom is -0.483 e. The zero-order valence-corrected chi connectivity index (χ0v) is 14.2. The standard InChI is InChI=1S/C20H16N2O5/c23-16-9-15(21-10-19(16)25-11-13-4-2-1-3-5-13)20(24)22-14-6-7-17-18(8-14)27-12-26-17/h1-10H,11-12H2,(H,21,23)(H,22,24). The third-order valence-corrected chi connectivity index (χ3v) is 3.99. The lowest BCUT2D eigenvalue weighted by Gasteiger charge is -2.08. The molecular weight excluding hydrogens is 348 g/mol. The van der Waals surface area contributed by atoms with Gasteiger partial charge in [-0.1, -0.05) is 30.3 Å². The molecule has 3 aromatic rings. The second-order valence-corrected chi connectivity index (χ2v) is 5.87. The Labute approximate surface area is 154 Å². The monoisotopic (exact) mass is 364 g/mol. The molecule has 1 amide bonds. The Kier molecular flexibility index (Phi) is 4.49. The molecular formula is C20H16N2O5. The summed E-state index contributed by atoms with van der Waals surface area (Å²) in [6, 6.07) is 15.8. The summed E-state index contributed by atoms with van der Waals surface area (Å²) in [6.07, 6.45) is 1.39. The molecule has 27 heavy (non-hydrogen) atoms. The van der Waals surface area contributed by atoms with E-state index in [0.29, 0.717) is 17.2 Å². The van der Waals surface area contributed by atoms with Gasteiger partial charge in [-0.2, -0.15) is 0 Å². The number of aromatic nitrogens is 1. The van der Waals surface area contributed by atoms with Crippen LogP contribution >= 0.6 is 0 Å². The Balaban J connectivity index is 1.43. The highest BCUT2D eigenvalue weighted by atomic mass is 16.7. The number of anilines is 1. The molecule has 0 saturated carbocycles. The van der Waals surface area contributed by atoms with Crippen LogP contribution in [0.25, 0.3) is 0 Å². The fourth-order valence-corrected chi connectivity index (χ4v) is 2.61. The maximum Gasteiger partial charge on any atom is 0.272 e. The zero-order valence-electron chi connectivity index (χ0n) is 14.2. The highest BCUT2D eigenvalue weighted by Crippen LogP contribution is 2.34. The maximum atomic E-state index is 12.4. The number of carbonyl (C=O) groups excluding carboxylic acids is 1. The van der Waals surface area contributed by atoms with Crippen LogP contribution in [0.15, 0.2) is 65.6 Å².